The van der Waals surface area contributed by atoms with Gasteiger partial charge in [-0.3, -0.25) is 14.9 Å². The maximum absolute atomic E-state index is 11.9. The van der Waals surface area contributed by atoms with Gasteiger partial charge in [0, 0.05) is 18.2 Å². The Morgan fingerprint density at radius 1 is 1.53 bits per heavy atom. The Kier molecular flexibility index (Phi) is 3.53. The van der Waals surface area contributed by atoms with Crippen molar-refractivity contribution in [2.24, 2.45) is 5.73 Å². The minimum absolute atomic E-state index is 0.0675. The number of benzene rings is 1. The van der Waals surface area contributed by atoms with E-state index in [1.165, 1.54) is 6.07 Å². The second-order valence-corrected chi connectivity index (χ2v) is 5.01. The number of amides is 1. The molecule has 0 aliphatic heterocycles. The summed E-state index contributed by atoms with van der Waals surface area (Å²) < 4.78 is 0. The summed E-state index contributed by atoms with van der Waals surface area (Å²) in [5, 5.41) is 13.6. The zero-order chi connectivity index (χ0) is 14.0. The van der Waals surface area contributed by atoms with Crippen LogP contribution < -0.4 is 11.1 Å². The molecule has 0 radical (unpaired) electrons. The highest BCUT2D eigenvalue weighted by atomic mass is 16.6. The van der Waals surface area contributed by atoms with Crippen molar-refractivity contribution in [1.29, 1.82) is 0 Å². The molecule has 0 bridgehead atoms. The first-order valence-electron chi connectivity index (χ1n) is 6.24. The molecule has 0 atom stereocenters. The van der Waals surface area contributed by atoms with Crippen LogP contribution in [0, 0.1) is 17.0 Å². The van der Waals surface area contributed by atoms with Crippen LogP contribution in [0.2, 0.25) is 0 Å². The molecule has 1 aromatic carbocycles. The van der Waals surface area contributed by atoms with Gasteiger partial charge in [0.05, 0.1) is 10.5 Å². The van der Waals surface area contributed by atoms with Gasteiger partial charge in [0.25, 0.3) is 5.69 Å². The third-order valence-corrected chi connectivity index (χ3v) is 3.75. The van der Waals surface area contributed by atoms with E-state index < -0.39 is 10.5 Å². The molecule has 6 heteroatoms. The molecule has 0 aromatic heterocycles. The van der Waals surface area contributed by atoms with Gasteiger partial charge in [-0.1, -0.05) is 12.1 Å². The molecule has 102 valence electrons. The van der Waals surface area contributed by atoms with Crippen LogP contribution >= 0.6 is 0 Å². The maximum atomic E-state index is 11.9. The number of nitrogens with zero attached hydrogens (tertiary/aromatic N) is 1. The van der Waals surface area contributed by atoms with Crippen LogP contribution in [0.4, 0.5) is 5.69 Å². The van der Waals surface area contributed by atoms with Crippen LogP contribution in [0.25, 0.3) is 0 Å². The van der Waals surface area contributed by atoms with E-state index in [2.05, 4.69) is 5.32 Å². The number of nitro benzene ring substituents is 1. The van der Waals surface area contributed by atoms with Crippen molar-refractivity contribution >= 4 is 11.6 Å². The smallest absolute Gasteiger partial charge is 0.272 e. The van der Waals surface area contributed by atoms with Gasteiger partial charge in [-0.05, 0) is 31.7 Å². The second-order valence-electron chi connectivity index (χ2n) is 5.01. The van der Waals surface area contributed by atoms with Gasteiger partial charge in [0.1, 0.15) is 0 Å². The van der Waals surface area contributed by atoms with Gasteiger partial charge in [-0.25, -0.2) is 0 Å². The van der Waals surface area contributed by atoms with E-state index >= 15 is 0 Å². The minimum Gasteiger partial charge on any atom is -0.350 e. The minimum atomic E-state index is -0.741. The van der Waals surface area contributed by atoms with Crippen LogP contribution in [0.3, 0.4) is 0 Å². The van der Waals surface area contributed by atoms with E-state index in [4.69, 9.17) is 5.73 Å². The largest absolute Gasteiger partial charge is 0.350 e. The van der Waals surface area contributed by atoms with E-state index in [0.717, 1.165) is 12.0 Å². The highest BCUT2D eigenvalue weighted by molar-refractivity contribution is 5.87. The third-order valence-electron chi connectivity index (χ3n) is 3.75. The molecule has 19 heavy (non-hydrogen) atoms. The third kappa shape index (κ3) is 2.58. The molecule has 6 nitrogen and oxygen atoms in total. The van der Waals surface area contributed by atoms with Gasteiger partial charge in [0.15, 0.2) is 0 Å². The fraction of sp³-hybridized carbons (Fsp3) is 0.462. The topological polar surface area (TPSA) is 98.3 Å². The lowest BCUT2D eigenvalue weighted by Gasteiger charge is -2.36. The zero-order valence-electron chi connectivity index (χ0n) is 10.8. The van der Waals surface area contributed by atoms with Crippen molar-refractivity contribution in [3.63, 3.8) is 0 Å². The summed E-state index contributed by atoms with van der Waals surface area (Å²) in [5.41, 5.74) is 6.55. The number of hydrogen-bond acceptors (Lipinski definition) is 4. The van der Waals surface area contributed by atoms with Crippen LogP contribution in [-0.4, -0.2) is 16.4 Å². The van der Waals surface area contributed by atoms with E-state index in [1.807, 2.05) is 0 Å². The Morgan fingerprint density at radius 2 is 2.21 bits per heavy atom. The lowest BCUT2D eigenvalue weighted by Crippen LogP contribution is -2.58. The first kappa shape index (κ1) is 13.5. The van der Waals surface area contributed by atoms with Crippen molar-refractivity contribution < 1.29 is 9.72 Å². The van der Waals surface area contributed by atoms with Gasteiger partial charge >= 0.3 is 0 Å². The summed E-state index contributed by atoms with van der Waals surface area (Å²) in [6, 6.07) is 4.85. The average Bonchev–Trinajstić information content (AvgIpc) is 2.33. The monoisotopic (exact) mass is 263 g/mol. The van der Waals surface area contributed by atoms with E-state index in [-0.39, 0.29) is 18.1 Å². The highest BCUT2D eigenvalue weighted by Crippen LogP contribution is 2.29. The summed E-state index contributed by atoms with van der Waals surface area (Å²) in [6.07, 6.45) is 2.37. The fourth-order valence-electron chi connectivity index (χ4n) is 2.20. The summed E-state index contributed by atoms with van der Waals surface area (Å²) in [4.78, 5) is 22.3. The Labute approximate surface area is 111 Å². The quantitative estimate of drug-likeness (QED) is 0.633. The standard InChI is InChI=1S/C13H17N3O3/c1-9-10(4-2-5-11(9)16(18)19)8-15-12(17)13(14)6-3-7-13/h2,4-5H,3,6-8,14H2,1H3,(H,15,17). The Balaban J connectivity index is 2.06. The lowest BCUT2D eigenvalue weighted by atomic mass is 9.77. The summed E-state index contributed by atoms with van der Waals surface area (Å²) in [7, 11) is 0. The van der Waals surface area contributed by atoms with E-state index in [0.29, 0.717) is 18.4 Å². The molecule has 2 rings (SSSR count). The Hall–Kier alpha value is -1.95. The van der Waals surface area contributed by atoms with Crippen molar-refractivity contribution in [2.75, 3.05) is 0 Å². The number of rotatable bonds is 4. The number of hydrogen-bond donors (Lipinski definition) is 2. The Morgan fingerprint density at radius 3 is 2.74 bits per heavy atom. The first-order valence-corrected chi connectivity index (χ1v) is 6.24. The number of nitrogens with two attached hydrogens (primary N) is 1. The number of carbonyl (C=O) groups excluding carboxylic acids is 1. The molecule has 1 fully saturated rings. The van der Waals surface area contributed by atoms with Crippen molar-refractivity contribution in [2.45, 2.75) is 38.3 Å². The molecule has 1 aliphatic carbocycles. The van der Waals surface area contributed by atoms with Crippen molar-refractivity contribution in [1.82, 2.24) is 5.32 Å². The van der Waals surface area contributed by atoms with E-state index in [1.54, 1.807) is 19.1 Å². The molecule has 1 aliphatic rings. The van der Waals surface area contributed by atoms with Gasteiger partial charge in [0.2, 0.25) is 5.91 Å². The van der Waals surface area contributed by atoms with Crippen molar-refractivity contribution in [3.8, 4) is 0 Å². The second kappa shape index (κ2) is 4.97. The summed E-state index contributed by atoms with van der Waals surface area (Å²) in [5.74, 6) is -0.176. The molecule has 0 spiro atoms. The van der Waals surface area contributed by atoms with Gasteiger partial charge in [-0.15, -0.1) is 0 Å². The zero-order valence-corrected chi connectivity index (χ0v) is 10.8. The molecule has 0 unspecified atom stereocenters. The predicted octanol–water partition coefficient (Wildman–Crippen LogP) is 1.40. The molecular weight excluding hydrogens is 246 g/mol. The van der Waals surface area contributed by atoms with Crippen LogP contribution in [0.15, 0.2) is 18.2 Å². The maximum Gasteiger partial charge on any atom is 0.272 e. The number of carbonyl (C=O) groups is 1. The summed E-state index contributed by atoms with van der Waals surface area (Å²) in [6.45, 7) is 1.95. The normalized spacial score (nSPS) is 16.5. The van der Waals surface area contributed by atoms with E-state index in [9.17, 15) is 14.9 Å². The molecule has 1 saturated carbocycles. The Bertz CT molecular complexity index is 524. The lowest BCUT2D eigenvalue weighted by molar-refractivity contribution is -0.385. The molecule has 3 N–H and O–H groups in total. The SMILES string of the molecule is Cc1c(CNC(=O)C2(N)CCC2)cccc1[N+](=O)[O-]. The number of nitro groups is 1. The van der Waals surface area contributed by atoms with Crippen molar-refractivity contribution in [3.05, 3.63) is 39.4 Å². The first-order chi connectivity index (χ1) is 8.94. The van der Waals surface area contributed by atoms with Crippen LogP contribution in [-0.2, 0) is 11.3 Å². The van der Waals surface area contributed by atoms with Gasteiger partial charge in [-0.2, -0.15) is 0 Å². The molecule has 0 saturated heterocycles. The molecule has 1 amide bonds. The molecule has 0 heterocycles. The molecular formula is C13H17N3O3. The van der Waals surface area contributed by atoms with Gasteiger partial charge < -0.3 is 11.1 Å². The fourth-order valence-corrected chi connectivity index (χ4v) is 2.20. The number of nitrogens with one attached hydrogen (secondary N) is 1. The van der Waals surface area contributed by atoms with Crippen LogP contribution in [0.5, 0.6) is 0 Å². The highest BCUT2D eigenvalue weighted by Gasteiger charge is 2.39. The average molecular weight is 263 g/mol. The van der Waals surface area contributed by atoms with Crippen LogP contribution in [0.1, 0.15) is 30.4 Å². The summed E-state index contributed by atoms with van der Waals surface area (Å²) >= 11 is 0. The predicted molar refractivity (Wildman–Crippen MR) is 70.4 cm³/mol. The molecule has 1 aromatic rings.